The van der Waals surface area contributed by atoms with Crippen molar-refractivity contribution in [1.29, 1.82) is 0 Å². The molecule has 0 saturated carbocycles. The molecule has 3 heterocycles. The van der Waals surface area contributed by atoms with E-state index in [1.54, 1.807) is 24.0 Å². The summed E-state index contributed by atoms with van der Waals surface area (Å²) in [7, 11) is -3.73. The van der Waals surface area contributed by atoms with Crippen molar-refractivity contribution in [3.8, 4) is 11.4 Å². The number of piperidine rings is 1. The summed E-state index contributed by atoms with van der Waals surface area (Å²) < 4.78 is 33.4. The van der Waals surface area contributed by atoms with E-state index in [9.17, 15) is 13.2 Å². The van der Waals surface area contributed by atoms with Gasteiger partial charge in [-0.25, -0.2) is 13.1 Å². The summed E-state index contributed by atoms with van der Waals surface area (Å²) in [5, 5.41) is 5.79. The Morgan fingerprint density at radius 2 is 2.03 bits per heavy atom. The number of rotatable bonds is 6. The molecule has 158 valence electrons. The maximum Gasteiger partial charge on any atom is 0.316 e. The molecule has 1 amide bonds. The number of aromatic nitrogens is 2. The average Bonchev–Trinajstić information content (AvgIpc) is 3.45. The Balaban J connectivity index is 1.56. The number of benzene rings is 1. The smallest absolute Gasteiger partial charge is 0.316 e. The van der Waals surface area contributed by atoms with E-state index in [1.807, 2.05) is 17.5 Å². The van der Waals surface area contributed by atoms with Crippen LogP contribution in [0.2, 0.25) is 0 Å². The van der Waals surface area contributed by atoms with E-state index in [0.29, 0.717) is 24.2 Å². The minimum atomic E-state index is -3.73. The summed E-state index contributed by atoms with van der Waals surface area (Å²) in [6.45, 7) is 3.31. The second kappa shape index (κ2) is 8.66. The number of thiophene rings is 1. The van der Waals surface area contributed by atoms with Crippen molar-refractivity contribution >= 4 is 27.3 Å². The zero-order chi connectivity index (χ0) is 21.1. The number of nitrogens with one attached hydrogen (secondary N) is 1. The van der Waals surface area contributed by atoms with E-state index in [4.69, 9.17) is 4.52 Å². The molecule has 0 spiro atoms. The third kappa shape index (κ3) is 4.45. The monoisotopic (exact) mass is 446 g/mol. The maximum absolute atomic E-state index is 12.8. The van der Waals surface area contributed by atoms with Gasteiger partial charge in [-0.2, -0.15) is 4.98 Å². The summed E-state index contributed by atoms with van der Waals surface area (Å²) >= 11 is 1.48. The van der Waals surface area contributed by atoms with Crippen LogP contribution >= 0.6 is 11.3 Å². The van der Waals surface area contributed by atoms with Crippen LogP contribution in [0.15, 0.2) is 45.1 Å². The van der Waals surface area contributed by atoms with Crippen LogP contribution < -0.4 is 4.72 Å². The van der Waals surface area contributed by atoms with E-state index in [0.717, 1.165) is 24.1 Å². The zero-order valence-electron chi connectivity index (χ0n) is 16.5. The van der Waals surface area contributed by atoms with Gasteiger partial charge in [0.15, 0.2) is 0 Å². The standard InChI is InChI=1S/C20H22N4O4S2/c1-14-7-8-15(12-17(14)30(26,27)21-13-16-6-5-11-29-16)18-22-19(28-23-18)20(25)24-9-3-2-4-10-24/h5-8,11-12,21H,2-4,9-10,13H2,1H3. The summed E-state index contributed by atoms with van der Waals surface area (Å²) in [5.41, 5.74) is 1.07. The van der Waals surface area contributed by atoms with Gasteiger partial charge in [-0.3, -0.25) is 4.79 Å². The highest BCUT2D eigenvalue weighted by molar-refractivity contribution is 7.89. The van der Waals surface area contributed by atoms with Crippen LogP contribution in [-0.2, 0) is 16.6 Å². The fraction of sp³-hybridized carbons (Fsp3) is 0.350. The van der Waals surface area contributed by atoms with Crippen molar-refractivity contribution in [2.45, 2.75) is 37.6 Å². The average molecular weight is 447 g/mol. The van der Waals surface area contributed by atoms with Crippen LogP contribution in [0, 0.1) is 6.92 Å². The van der Waals surface area contributed by atoms with Crippen molar-refractivity contribution in [3.05, 3.63) is 52.0 Å². The van der Waals surface area contributed by atoms with Crippen LogP contribution in [0.3, 0.4) is 0 Å². The number of hydrogen-bond donors (Lipinski definition) is 1. The van der Waals surface area contributed by atoms with Crippen LogP contribution in [-0.4, -0.2) is 42.5 Å². The van der Waals surface area contributed by atoms with E-state index in [2.05, 4.69) is 14.9 Å². The predicted octanol–water partition coefficient (Wildman–Crippen LogP) is 3.21. The second-order valence-corrected chi connectivity index (χ2v) is 9.93. The Kier molecular flexibility index (Phi) is 5.98. The molecular weight excluding hydrogens is 424 g/mol. The lowest BCUT2D eigenvalue weighted by Gasteiger charge is -2.24. The topological polar surface area (TPSA) is 105 Å². The third-order valence-electron chi connectivity index (χ3n) is 5.00. The first-order chi connectivity index (χ1) is 14.4. The van der Waals surface area contributed by atoms with E-state index in [1.165, 1.54) is 17.4 Å². The highest BCUT2D eigenvalue weighted by atomic mass is 32.2. The van der Waals surface area contributed by atoms with Crippen molar-refractivity contribution in [3.63, 3.8) is 0 Å². The molecule has 0 radical (unpaired) electrons. The van der Waals surface area contributed by atoms with Gasteiger partial charge >= 0.3 is 11.8 Å². The summed E-state index contributed by atoms with van der Waals surface area (Å²) in [6, 6.07) is 8.66. The molecule has 0 atom stereocenters. The minimum Gasteiger partial charge on any atom is -0.334 e. The Hall–Kier alpha value is -2.56. The fourth-order valence-corrected chi connectivity index (χ4v) is 5.36. The number of sulfonamides is 1. The van der Waals surface area contributed by atoms with E-state index >= 15 is 0 Å². The molecule has 30 heavy (non-hydrogen) atoms. The SMILES string of the molecule is Cc1ccc(-c2noc(C(=O)N3CCCCC3)n2)cc1S(=O)(=O)NCc1cccs1. The highest BCUT2D eigenvalue weighted by Crippen LogP contribution is 2.24. The van der Waals surface area contributed by atoms with Gasteiger partial charge in [-0.15, -0.1) is 11.3 Å². The normalized spacial score (nSPS) is 14.8. The van der Waals surface area contributed by atoms with Gasteiger partial charge in [0.1, 0.15) is 0 Å². The first kappa shape index (κ1) is 20.7. The maximum atomic E-state index is 12.8. The van der Waals surface area contributed by atoms with Crippen LogP contribution in [0.25, 0.3) is 11.4 Å². The third-order valence-corrected chi connectivity index (χ3v) is 7.42. The summed E-state index contributed by atoms with van der Waals surface area (Å²) in [4.78, 5) is 19.5. The van der Waals surface area contributed by atoms with Crippen molar-refractivity contribution in [2.75, 3.05) is 13.1 Å². The molecule has 3 aromatic rings. The molecule has 1 fully saturated rings. The van der Waals surface area contributed by atoms with Gasteiger partial charge in [0.05, 0.1) is 4.90 Å². The van der Waals surface area contributed by atoms with Gasteiger partial charge in [0.25, 0.3) is 0 Å². The Morgan fingerprint density at radius 3 is 2.77 bits per heavy atom. The first-order valence-corrected chi connectivity index (χ1v) is 12.1. The molecule has 1 saturated heterocycles. The van der Waals surface area contributed by atoms with Gasteiger partial charge in [0, 0.05) is 30.1 Å². The molecule has 1 aliphatic heterocycles. The molecule has 0 aliphatic carbocycles. The molecule has 8 nitrogen and oxygen atoms in total. The van der Waals surface area contributed by atoms with Gasteiger partial charge in [0.2, 0.25) is 15.8 Å². The lowest BCUT2D eigenvalue weighted by Crippen LogP contribution is -2.35. The predicted molar refractivity (Wildman–Crippen MR) is 113 cm³/mol. The van der Waals surface area contributed by atoms with Crippen LogP contribution in [0.5, 0.6) is 0 Å². The Bertz CT molecular complexity index is 1130. The van der Waals surface area contributed by atoms with Crippen LogP contribution in [0.4, 0.5) is 0 Å². The van der Waals surface area contributed by atoms with Gasteiger partial charge in [-0.1, -0.05) is 23.4 Å². The number of likely N-dealkylation sites (tertiary alicyclic amines) is 1. The lowest BCUT2D eigenvalue weighted by atomic mass is 10.1. The number of aryl methyl sites for hydroxylation is 1. The van der Waals surface area contributed by atoms with E-state index in [-0.39, 0.29) is 29.1 Å². The Morgan fingerprint density at radius 1 is 1.23 bits per heavy atom. The summed E-state index contributed by atoms with van der Waals surface area (Å²) in [5.74, 6) is -0.177. The van der Waals surface area contributed by atoms with Gasteiger partial charge < -0.3 is 9.42 Å². The van der Waals surface area contributed by atoms with E-state index < -0.39 is 10.0 Å². The minimum absolute atomic E-state index is 0.0762. The molecule has 4 rings (SSSR count). The Labute approximate surface area is 179 Å². The number of nitrogens with zero attached hydrogens (tertiary/aromatic N) is 3. The number of hydrogen-bond acceptors (Lipinski definition) is 7. The molecule has 0 unspecified atom stereocenters. The molecule has 1 N–H and O–H groups in total. The van der Waals surface area contributed by atoms with Gasteiger partial charge in [-0.05, 0) is 49.3 Å². The largest absolute Gasteiger partial charge is 0.334 e. The lowest BCUT2D eigenvalue weighted by molar-refractivity contribution is 0.0674. The molecule has 10 heteroatoms. The first-order valence-electron chi connectivity index (χ1n) is 9.70. The van der Waals surface area contributed by atoms with Crippen molar-refractivity contribution < 1.29 is 17.7 Å². The zero-order valence-corrected chi connectivity index (χ0v) is 18.1. The quantitative estimate of drug-likeness (QED) is 0.623. The number of amides is 1. The second-order valence-electron chi connectivity index (χ2n) is 7.16. The molecule has 1 aliphatic rings. The molecule has 2 aromatic heterocycles. The molecule has 1 aromatic carbocycles. The molecular formula is C20H22N4O4S2. The fourth-order valence-electron chi connectivity index (χ4n) is 3.35. The van der Waals surface area contributed by atoms with Crippen molar-refractivity contribution in [1.82, 2.24) is 19.8 Å². The number of carbonyl (C=O) groups is 1. The van der Waals surface area contributed by atoms with Crippen LogP contribution in [0.1, 0.15) is 40.4 Å². The summed E-state index contributed by atoms with van der Waals surface area (Å²) in [6.07, 6.45) is 3.04. The van der Waals surface area contributed by atoms with Crippen molar-refractivity contribution in [2.24, 2.45) is 0 Å². The molecule has 0 bridgehead atoms. The number of carbonyl (C=O) groups excluding carboxylic acids is 1. The highest BCUT2D eigenvalue weighted by Gasteiger charge is 2.25.